The molecule has 0 radical (unpaired) electrons. The van der Waals surface area contributed by atoms with E-state index in [1.165, 1.54) is 32.3 Å². The van der Waals surface area contributed by atoms with Crippen LogP contribution in [-0.2, 0) is 6.42 Å². The van der Waals surface area contributed by atoms with E-state index in [1.54, 1.807) is 0 Å². The van der Waals surface area contributed by atoms with E-state index in [4.69, 9.17) is 0 Å². The molecule has 1 unspecified atom stereocenters. The molecule has 0 amide bonds. The van der Waals surface area contributed by atoms with Crippen molar-refractivity contribution in [2.24, 2.45) is 0 Å². The normalized spacial score (nSPS) is 12.4. The molecule has 1 atom stereocenters. The maximum Gasteiger partial charge on any atom is 0.0358 e. The van der Waals surface area contributed by atoms with Gasteiger partial charge in [-0.15, -0.1) is 0 Å². The fourth-order valence-corrected chi connectivity index (χ4v) is 2.76. The smallest absolute Gasteiger partial charge is 0.0358 e. The van der Waals surface area contributed by atoms with E-state index in [9.17, 15) is 0 Å². The predicted molar refractivity (Wildman–Crippen MR) is 90.3 cm³/mol. The molecule has 1 N–H and O–H groups in total. The Kier molecular flexibility index (Phi) is 5.00. The molecular formula is C18H22BrN. The molecule has 2 heteroatoms. The Morgan fingerprint density at radius 3 is 2.40 bits per heavy atom. The summed E-state index contributed by atoms with van der Waals surface area (Å²) in [4.78, 5) is 0. The number of hydrogen-bond donors (Lipinski definition) is 1. The Bertz CT molecular complexity index is 604. The molecule has 106 valence electrons. The van der Waals surface area contributed by atoms with Gasteiger partial charge in [0.05, 0.1) is 0 Å². The lowest BCUT2D eigenvalue weighted by Crippen LogP contribution is -2.19. The van der Waals surface area contributed by atoms with Crippen LogP contribution in [0.1, 0.15) is 33.9 Å². The lowest BCUT2D eigenvalue weighted by atomic mass is 9.94. The number of hydrogen-bond acceptors (Lipinski definition) is 1. The van der Waals surface area contributed by atoms with Crippen molar-refractivity contribution >= 4 is 15.9 Å². The van der Waals surface area contributed by atoms with Crippen molar-refractivity contribution in [3.63, 3.8) is 0 Å². The zero-order chi connectivity index (χ0) is 14.7. The van der Waals surface area contributed by atoms with Gasteiger partial charge in [-0.05, 0) is 62.6 Å². The molecule has 2 rings (SSSR count). The van der Waals surface area contributed by atoms with Gasteiger partial charge in [0.2, 0.25) is 0 Å². The zero-order valence-corrected chi connectivity index (χ0v) is 14.2. The number of rotatable bonds is 4. The molecule has 20 heavy (non-hydrogen) atoms. The van der Waals surface area contributed by atoms with E-state index in [0.29, 0.717) is 6.04 Å². The first-order valence-corrected chi connectivity index (χ1v) is 7.80. The van der Waals surface area contributed by atoms with Crippen LogP contribution in [0.2, 0.25) is 0 Å². The number of nitrogens with one attached hydrogen (secondary N) is 1. The highest BCUT2D eigenvalue weighted by Crippen LogP contribution is 2.25. The fraction of sp³-hybridized carbons (Fsp3) is 0.333. The van der Waals surface area contributed by atoms with Gasteiger partial charge in [0.25, 0.3) is 0 Å². The minimum Gasteiger partial charge on any atom is -0.313 e. The molecule has 2 aromatic carbocycles. The van der Waals surface area contributed by atoms with E-state index in [-0.39, 0.29) is 0 Å². The quantitative estimate of drug-likeness (QED) is 0.842. The van der Waals surface area contributed by atoms with Crippen molar-refractivity contribution in [3.8, 4) is 0 Å². The first kappa shape index (κ1) is 15.3. The van der Waals surface area contributed by atoms with Gasteiger partial charge < -0.3 is 5.32 Å². The fourth-order valence-electron chi connectivity index (χ4n) is 2.51. The number of benzene rings is 2. The summed E-state index contributed by atoms with van der Waals surface area (Å²) in [5, 5.41) is 3.44. The number of likely N-dealkylation sites (N-methyl/N-ethyl adjacent to an activating group) is 1. The second-order valence-electron chi connectivity index (χ2n) is 5.48. The minimum atomic E-state index is 0.349. The molecule has 0 heterocycles. The Balaban J connectivity index is 2.28. The summed E-state index contributed by atoms with van der Waals surface area (Å²) in [7, 11) is 2.03. The van der Waals surface area contributed by atoms with Gasteiger partial charge in [-0.2, -0.15) is 0 Å². The third kappa shape index (κ3) is 3.50. The Labute approximate surface area is 130 Å². The van der Waals surface area contributed by atoms with E-state index >= 15 is 0 Å². The van der Waals surface area contributed by atoms with Crippen molar-refractivity contribution in [2.45, 2.75) is 33.2 Å². The van der Waals surface area contributed by atoms with Gasteiger partial charge in [-0.1, -0.05) is 51.8 Å². The molecular weight excluding hydrogens is 310 g/mol. The van der Waals surface area contributed by atoms with Crippen LogP contribution in [-0.4, -0.2) is 7.05 Å². The van der Waals surface area contributed by atoms with Crippen LogP contribution >= 0.6 is 15.9 Å². The van der Waals surface area contributed by atoms with E-state index < -0.39 is 0 Å². The van der Waals surface area contributed by atoms with Crippen molar-refractivity contribution in [2.75, 3.05) is 7.05 Å². The molecule has 0 aliphatic heterocycles. The first-order chi connectivity index (χ1) is 9.51. The predicted octanol–water partition coefficient (Wildman–Crippen LogP) is 4.88. The number of halogens is 1. The van der Waals surface area contributed by atoms with E-state index in [2.05, 4.69) is 78.4 Å². The molecule has 0 bridgehead atoms. The molecule has 0 aliphatic carbocycles. The molecule has 0 saturated carbocycles. The second-order valence-corrected chi connectivity index (χ2v) is 6.34. The largest absolute Gasteiger partial charge is 0.313 e. The summed E-state index contributed by atoms with van der Waals surface area (Å²) < 4.78 is 1.17. The van der Waals surface area contributed by atoms with Crippen LogP contribution < -0.4 is 5.32 Å². The molecule has 1 nitrogen and oxygen atoms in total. The Hall–Kier alpha value is -1.12. The highest BCUT2D eigenvalue weighted by atomic mass is 79.9. The summed E-state index contributed by atoms with van der Waals surface area (Å²) >= 11 is 3.57. The summed E-state index contributed by atoms with van der Waals surface area (Å²) in [5.74, 6) is 0. The highest BCUT2D eigenvalue weighted by molar-refractivity contribution is 9.10. The van der Waals surface area contributed by atoms with Crippen molar-refractivity contribution < 1.29 is 0 Å². The molecule has 0 aromatic heterocycles. The molecule has 0 saturated heterocycles. The van der Waals surface area contributed by atoms with Crippen molar-refractivity contribution in [1.82, 2.24) is 5.32 Å². The minimum absolute atomic E-state index is 0.349. The highest BCUT2D eigenvalue weighted by Gasteiger charge is 2.12. The molecule has 0 spiro atoms. The van der Waals surface area contributed by atoms with Crippen LogP contribution in [0.15, 0.2) is 40.9 Å². The SMILES string of the molecule is CNC(Cc1cc(C)ccc1C)c1ccc(Br)c(C)c1. The average Bonchev–Trinajstić information content (AvgIpc) is 2.43. The van der Waals surface area contributed by atoms with E-state index in [0.717, 1.165) is 6.42 Å². The molecule has 2 aromatic rings. The van der Waals surface area contributed by atoms with Crippen LogP contribution in [0, 0.1) is 20.8 Å². The first-order valence-electron chi connectivity index (χ1n) is 7.00. The lowest BCUT2D eigenvalue weighted by Gasteiger charge is -2.19. The summed E-state index contributed by atoms with van der Waals surface area (Å²) in [6.07, 6.45) is 1.02. The van der Waals surface area contributed by atoms with Crippen LogP contribution in [0.5, 0.6) is 0 Å². The summed E-state index contributed by atoms with van der Waals surface area (Å²) in [5.41, 5.74) is 6.74. The third-order valence-corrected chi connectivity index (χ3v) is 4.75. The maximum atomic E-state index is 3.57. The standard InChI is InChI=1S/C18H22BrN/c1-12-5-6-13(2)16(9-12)11-18(20-4)15-7-8-17(19)14(3)10-15/h5-10,18,20H,11H2,1-4H3. The third-order valence-electron chi connectivity index (χ3n) is 3.86. The topological polar surface area (TPSA) is 12.0 Å². The van der Waals surface area contributed by atoms with Gasteiger partial charge in [0, 0.05) is 10.5 Å². The average molecular weight is 332 g/mol. The maximum absolute atomic E-state index is 3.57. The monoisotopic (exact) mass is 331 g/mol. The van der Waals surface area contributed by atoms with E-state index in [1.807, 2.05) is 7.05 Å². The van der Waals surface area contributed by atoms with Gasteiger partial charge in [0.15, 0.2) is 0 Å². The van der Waals surface area contributed by atoms with Crippen molar-refractivity contribution in [3.05, 3.63) is 68.7 Å². The van der Waals surface area contributed by atoms with Crippen molar-refractivity contribution in [1.29, 1.82) is 0 Å². The lowest BCUT2D eigenvalue weighted by molar-refractivity contribution is 0.590. The van der Waals surface area contributed by atoms with Gasteiger partial charge in [-0.3, -0.25) is 0 Å². The zero-order valence-electron chi connectivity index (χ0n) is 12.6. The summed E-state index contributed by atoms with van der Waals surface area (Å²) in [6, 6.07) is 13.6. The number of aryl methyl sites for hydroxylation is 3. The van der Waals surface area contributed by atoms with Gasteiger partial charge >= 0.3 is 0 Å². The van der Waals surface area contributed by atoms with Gasteiger partial charge in [-0.25, -0.2) is 0 Å². The molecule has 0 aliphatic rings. The summed E-state index contributed by atoms with van der Waals surface area (Å²) in [6.45, 7) is 6.48. The van der Waals surface area contributed by atoms with Crippen LogP contribution in [0.25, 0.3) is 0 Å². The van der Waals surface area contributed by atoms with Crippen LogP contribution in [0.4, 0.5) is 0 Å². The Morgan fingerprint density at radius 1 is 1.00 bits per heavy atom. The second kappa shape index (κ2) is 6.55. The van der Waals surface area contributed by atoms with Gasteiger partial charge in [0.1, 0.15) is 0 Å². The Morgan fingerprint density at radius 2 is 1.75 bits per heavy atom. The molecule has 0 fully saturated rings. The van der Waals surface area contributed by atoms with Crippen LogP contribution in [0.3, 0.4) is 0 Å².